The van der Waals surface area contributed by atoms with E-state index in [-0.39, 0.29) is 4.47 Å². The smallest absolute Gasteiger partial charge is 0.259 e. The Morgan fingerprint density at radius 3 is 2.41 bits per heavy atom. The summed E-state index contributed by atoms with van der Waals surface area (Å²) in [5.74, 6) is -2.43. The maximum absolute atomic E-state index is 13.5. The Hall–Kier alpha value is -1.01. The van der Waals surface area contributed by atoms with Crippen molar-refractivity contribution in [1.29, 1.82) is 0 Å². The number of hydrogen-bond donors (Lipinski definition) is 1. The van der Waals surface area contributed by atoms with Crippen molar-refractivity contribution in [3.63, 3.8) is 0 Å². The lowest BCUT2D eigenvalue weighted by molar-refractivity contribution is 0.0784. The molecular formula is C11H13BrF2N2O. The molecule has 3 nitrogen and oxygen atoms in total. The van der Waals surface area contributed by atoms with Gasteiger partial charge in [0, 0.05) is 18.1 Å². The van der Waals surface area contributed by atoms with Crippen molar-refractivity contribution in [3.05, 3.63) is 33.8 Å². The number of carbonyl (C=O) groups is 1. The normalized spacial score (nSPS) is 10.4. The molecule has 0 aliphatic rings. The molecule has 17 heavy (non-hydrogen) atoms. The van der Waals surface area contributed by atoms with E-state index in [1.807, 2.05) is 0 Å². The molecule has 1 aromatic carbocycles. The van der Waals surface area contributed by atoms with E-state index in [0.717, 1.165) is 12.1 Å². The number of benzene rings is 1. The third-order valence-electron chi connectivity index (χ3n) is 2.27. The highest BCUT2D eigenvalue weighted by molar-refractivity contribution is 9.10. The maximum atomic E-state index is 13.5. The zero-order chi connectivity index (χ0) is 13.0. The highest BCUT2D eigenvalue weighted by Crippen LogP contribution is 2.20. The first kappa shape index (κ1) is 14.1. The van der Waals surface area contributed by atoms with Crippen LogP contribution >= 0.6 is 15.9 Å². The fourth-order valence-electron chi connectivity index (χ4n) is 1.37. The molecule has 1 aromatic rings. The van der Waals surface area contributed by atoms with Crippen LogP contribution in [-0.2, 0) is 0 Å². The third kappa shape index (κ3) is 3.47. The van der Waals surface area contributed by atoms with Crippen molar-refractivity contribution in [2.75, 3.05) is 20.1 Å². The second kappa shape index (κ2) is 6.07. The van der Waals surface area contributed by atoms with Crippen LogP contribution in [0.2, 0.25) is 0 Å². The highest BCUT2D eigenvalue weighted by atomic mass is 79.9. The van der Waals surface area contributed by atoms with Crippen LogP contribution in [0.4, 0.5) is 8.78 Å². The lowest BCUT2D eigenvalue weighted by atomic mass is 10.1. The van der Waals surface area contributed by atoms with Crippen molar-refractivity contribution in [2.45, 2.75) is 6.42 Å². The molecular weight excluding hydrogens is 294 g/mol. The van der Waals surface area contributed by atoms with E-state index in [4.69, 9.17) is 5.73 Å². The van der Waals surface area contributed by atoms with Gasteiger partial charge in [-0.15, -0.1) is 0 Å². The second-order valence-electron chi connectivity index (χ2n) is 3.61. The van der Waals surface area contributed by atoms with Crippen molar-refractivity contribution in [3.8, 4) is 0 Å². The number of carbonyl (C=O) groups excluding carboxylic acids is 1. The van der Waals surface area contributed by atoms with Gasteiger partial charge in [0.2, 0.25) is 0 Å². The number of nitrogens with two attached hydrogens (primary N) is 1. The van der Waals surface area contributed by atoms with Gasteiger partial charge in [-0.25, -0.2) is 8.78 Å². The number of amides is 1. The SMILES string of the molecule is CN(CCCN)C(=O)c1c(F)cc(Br)cc1F. The van der Waals surface area contributed by atoms with Gasteiger partial charge >= 0.3 is 0 Å². The van der Waals surface area contributed by atoms with Crippen LogP contribution in [0, 0.1) is 11.6 Å². The summed E-state index contributed by atoms with van der Waals surface area (Å²) in [6.07, 6.45) is 0.585. The molecule has 0 heterocycles. The lowest BCUT2D eigenvalue weighted by Crippen LogP contribution is -2.30. The Morgan fingerprint density at radius 2 is 1.94 bits per heavy atom. The lowest BCUT2D eigenvalue weighted by Gasteiger charge is -2.17. The van der Waals surface area contributed by atoms with Crippen LogP contribution in [0.3, 0.4) is 0 Å². The molecule has 0 saturated carbocycles. The Labute approximate surface area is 107 Å². The van der Waals surface area contributed by atoms with Gasteiger partial charge in [-0.05, 0) is 25.1 Å². The molecule has 0 atom stereocenters. The average Bonchev–Trinajstić information content (AvgIpc) is 2.24. The molecule has 6 heteroatoms. The van der Waals surface area contributed by atoms with Gasteiger partial charge in [0.25, 0.3) is 5.91 Å². The van der Waals surface area contributed by atoms with Gasteiger partial charge in [-0.2, -0.15) is 0 Å². The van der Waals surface area contributed by atoms with Gasteiger partial charge < -0.3 is 10.6 Å². The molecule has 94 valence electrons. The standard InChI is InChI=1S/C11H13BrF2N2O/c1-16(4-2-3-15)11(17)10-8(13)5-7(12)6-9(10)14/h5-6H,2-4,15H2,1H3. The largest absolute Gasteiger partial charge is 0.341 e. The van der Waals surface area contributed by atoms with Crippen LogP contribution in [0.5, 0.6) is 0 Å². The van der Waals surface area contributed by atoms with Gasteiger partial charge in [0.15, 0.2) is 0 Å². The number of hydrogen-bond acceptors (Lipinski definition) is 2. The van der Waals surface area contributed by atoms with Crippen molar-refractivity contribution in [1.82, 2.24) is 4.90 Å². The van der Waals surface area contributed by atoms with Crippen LogP contribution in [0.25, 0.3) is 0 Å². The zero-order valence-corrected chi connectivity index (χ0v) is 10.9. The fourth-order valence-corrected chi connectivity index (χ4v) is 1.77. The molecule has 0 radical (unpaired) electrons. The van der Waals surface area contributed by atoms with E-state index in [0.29, 0.717) is 19.5 Å². The molecule has 0 aliphatic heterocycles. The summed E-state index contributed by atoms with van der Waals surface area (Å²) in [6, 6.07) is 2.13. The van der Waals surface area contributed by atoms with E-state index in [1.54, 1.807) is 0 Å². The monoisotopic (exact) mass is 306 g/mol. The van der Waals surface area contributed by atoms with Crippen molar-refractivity contribution < 1.29 is 13.6 Å². The molecule has 0 spiro atoms. The van der Waals surface area contributed by atoms with E-state index in [9.17, 15) is 13.6 Å². The summed E-state index contributed by atoms with van der Waals surface area (Å²) in [5, 5.41) is 0. The summed E-state index contributed by atoms with van der Waals surface area (Å²) in [6.45, 7) is 0.785. The molecule has 2 N–H and O–H groups in total. The first-order valence-electron chi connectivity index (χ1n) is 5.07. The first-order chi connectivity index (χ1) is 7.97. The van der Waals surface area contributed by atoms with E-state index in [2.05, 4.69) is 15.9 Å². The Balaban J connectivity index is 2.96. The number of rotatable bonds is 4. The second-order valence-corrected chi connectivity index (χ2v) is 4.53. The Morgan fingerprint density at radius 1 is 1.41 bits per heavy atom. The average molecular weight is 307 g/mol. The minimum absolute atomic E-state index is 0.258. The topological polar surface area (TPSA) is 46.3 Å². The van der Waals surface area contributed by atoms with E-state index >= 15 is 0 Å². The van der Waals surface area contributed by atoms with Gasteiger partial charge in [-0.1, -0.05) is 15.9 Å². The van der Waals surface area contributed by atoms with Crippen LogP contribution in [0.15, 0.2) is 16.6 Å². The third-order valence-corrected chi connectivity index (χ3v) is 2.72. The summed E-state index contributed by atoms with van der Waals surface area (Å²) >= 11 is 2.95. The highest BCUT2D eigenvalue weighted by Gasteiger charge is 2.21. The summed E-state index contributed by atoms with van der Waals surface area (Å²) in [4.78, 5) is 13.0. The van der Waals surface area contributed by atoms with E-state index in [1.165, 1.54) is 11.9 Å². The van der Waals surface area contributed by atoms with Gasteiger partial charge in [0.05, 0.1) is 0 Å². The van der Waals surface area contributed by atoms with Crippen LogP contribution < -0.4 is 5.73 Å². The summed E-state index contributed by atoms with van der Waals surface area (Å²) < 4.78 is 27.3. The van der Waals surface area contributed by atoms with Crippen molar-refractivity contribution >= 4 is 21.8 Å². The Bertz CT molecular complexity index is 403. The predicted molar refractivity (Wildman–Crippen MR) is 64.7 cm³/mol. The number of nitrogens with zero attached hydrogens (tertiary/aromatic N) is 1. The molecule has 0 unspecified atom stereocenters. The van der Waals surface area contributed by atoms with Gasteiger partial charge in [0.1, 0.15) is 17.2 Å². The first-order valence-corrected chi connectivity index (χ1v) is 5.86. The summed E-state index contributed by atoms with van der Waals surface area (Å²) in [5.41, 5.74) is 4.77. The predicted octanol–water partition coefficient (Wildman–Crippen LogP) is 2.15. The van der Waals surface area contributed by atoms with Gasteiger partial charge in [-0.3, -0.25) is 4.79 Å². The summed E-state index contributed by atoms with van der Waals surface area (Å²) in [7, 11) is 1.49. The molecule has 1 rings (SSSR count). The molecule has 0 fully saturated rings. The molecule has 0 saturated heterocycles. The maximum Gasteiger partial charge on any atom is 0.259 e. The molecule has 0 bridgehead atoms. The Kier molecular flexibility index (Phi) is 5.02. The number of halogens is 3. The fraction of sp³-hybridized carbons (Fsp3) is 0.364. The molecule has 0 aromatic heterocycles. The van der Waals surface area contributed by atoms with Crippen molar-refractivity contribution in [2.24, 2.45) is 5.73 Å². The zero-order valence-electron chi connectivity index (χ0n) is 9.34. The van der Waals surface area contributed by atoms with Crippen LogP contribution in [0.1, 0.15) is 16.8 Å². The van der Waals surface area contributed by atoms with E-state index < -0.39 is 23.1 Å². The minimum Gasteiger partial charge on any atom is -0.341 e. The molecule has 0 aliphatic carbocycles. The quantitative estimate of drug-likeness (QED) is 0.926. The molecule has 1 amide bonds. The minimum atomic E-state index is -0.874. The van der Waals surface area contributed by atoms with Crippen LogP contribution in [-0.4, -0.2) is 30.9 Å².